The second kappa shape index (κ2) is 9.16. The van der Waals surface area contributed by atoms with Crippen molar-refractivity contribution in [1.29, 1.82) is 0 Å². The first-order valence-corrected chi connectivity index (χ1v) is 11.8. The van der Waals surface area contributed by atoms with Crippen LogP contribution in [0.3, 0.4) is 0 Å². The van der Waals surface area contributed by atoms with E-state index in [1.54, 1.807) is 11.3 Å². The number of rotatable bonds is 5. The van der Waals surface area contributed by atoms with Crippen molar-refractivity contribution in [2.75, 3.05) is 36.4 Å². The third-order valence-electron chi connectivity index (χ3n) is 6.11. The Balaban J connectivity index is 1.37. The summed E-state index contributed by atoms with van der Waals surface area (Å²) in [5.74, 6) is 0.331. The number of hydrogen-bond acceptors (Lipinski definition) is 5. The zero-order valence-corrected chi connectivity index (χ0v) is 18.6. The molecule has 1 aromatic carbocycles. The van der Waals surface area contributed by atoms with Crippen LogP contribution in [0.4, 0.5) is 10.8 Å². The van der Waals surface area contributed by atoms with Crippen LogP contribution in [0.5, 0.6) is 0 Å². The maximum Gasteiger partial charge on any atom is 0.227 e. The number of piperazine rings is 1. The lowest BCUT2D eigenvalue weighted by atomic mass is 9.90. The zero-order valence-electron chi connectivity index (χ0n) is 17.8. The Morgan fingerprint density at radius 2 is 2.00 bits per heavy atom. The number of carbonyl (C=O) groups excluding carboxylic acids is 2. The van der Waals surface area contributed by atoms with Crippen molar-refractivity contribution in [2.24, 2.45) is 5.92 Å². The average Bonchev–Trinajstić information content (AvgIpc) is 3.22. The number of hydrogen-bond donors (Lipinski definition) is 1. The minimum Gasteiger partial charge on any atom is -0.345 e. The number of nitrogens with zero attached hydrogens (tertiary/aromatic N) is 3. The molecule has 4 rings (SSSR count). The van der Waals surface area contributed by atoms with Gasteiger partial charge in [-0.3, -0.25) is 9.59 Å². The molecule has 1 aliphatic heterocycles. The first-order valence-electron chi connectivity index (χ1n) is 11.0. The number of aryl methyl sites for hydroxylation is 2. The molecule has 1 aromatic heterocycles. The van der Waals surface area contributed by atoms with E-state index in [9.17, 15) is 9.59 Å². The smallest absolute Gasteiger partial charge is 0.227 e. The summed E-state index contributed by atoms with van der Waals surface area (Å²) in [4.78, 5) is 35.1. The van der Waals surface area contributed by atoms with Crippen LogP contribution >= 0.6 is 11.3 Å². The van der Waals surface area contributed by atoms with Gasteiger partial charge in [0.15, 0.2) is 5.13 Å². The number of fused-ring (bicyclic) bond motifs is 1. The Labute approximate surface area is 182 Å². The maximum atomic E-state index is 12.8. The van der Waals surface area contributed by atoms with Gasteiger partial charge < -0.3 is 15.1 Å². The van der Waals surface area contributed by atoms with E-state index in [-0.39, 0.29) is 17.7 Å². The summed E-state index contributed by atoms with van der Waals surface area (Å²) in [5, 5.41) is 4.15. The van der Waals surface area contributed by atoms with Gasteiger partial charge in [-0.1, -0.05) is 26.0 Å². The lowest BCUT2D eigenvalue weighted by Crippen LogP contribution is -2.48. The van der Waals surface area contributed by atoms with E-state index in [4.69, 9.17) is 4.98 Å². The van der Waals surface area contributed by atoms with Crippen molar-refractivity contribution in [1.82, 2.24) is 9.88 Å². The van der Waals surface area contributed by atoms with Gasteiger partial charge in [-0.25, -0.2) is 4.98 Å². The molecule has 2 aromatic rings. The molecule has 0 saturated carbocycles. The summed E-state index contributed by atoms with van der Waals surface area (Å²) < 4.78 is 0. The monoisotopic (exact) mass is 426 g/mol. The molecule has 30 heavy (non-hydrogen) atoms. The molecule has 2 heterocycles. The summed E-state index contributed by atoms with van der Waals surface area (Å²) in [5.41, 5.74) is 3.26. The molecule has 7 heteroatoms. The fraction of sp³-hybridized carbons (Fsp3) is 0.522. The van der Waals surface area contributed by atoms with Gasteiger partial charge in [-0.2, -0.15) is 0 Å². The third-order valence-corrected chi connectivity index (χ3v) is 7.29. The van der Waals surface area contributed by atoms with Crippen LogP contribution < -0.4 is 10.2 Å². The van der Waals surface area contributed by atoms with Gasteiger partial charge in [0.25, 0.3) is 0 Å². The molecule has 0 bridgehead atoms. The third kappa shape index (κ3) is 4.51. The summed E-state index contributed by atoms with van der Waals surface area (Å²) in [6.45, 7) is 7.21. The minimum absolute atomic E-state index is 0.00453. The van der Waals surface area contributed by atoms with Crippen LogP contribution in [0.15, 0.2) is 24.3 Å². The van der Waals surface area contributed by atoms with Gasteiger partial charge in [0.2, 0.25) is 11.8 Å². The van der Waals surface area contributed by atoms with E-state index in [1.165, 1.54) is 10.4 Å². The van der Waals surface area contributed by atoms with Gasteiger partial charge in [0.05, 0.1) is 5.69 Å². The molecule has 0 spiro atoms. The molecule has 1 atom stereocenters. The van der Waals surface area contributed by atoms with Gasteiger partial charge in [-0.05, 0) is 43.4 Å². The number of carbonyl (C=O) groups is 2. The van der Waals surface area contributed by atoms with E-state index in [1.807, 2.05) is 24.0 Å². The van der Waals surface area contributed by atoms with E-state index >= 15 is 0 Å². The van der Waals surface area contributed by atoms with Crippen LogP contribution in [0.2, 0.25) is 0 Å². The minimum atomic E-state index is -0.00453. The quantitative estimate of drug-likeness (QED) is 0.795. The standard InChI is InChI=1S/C23H30N4O2S/c1-3-16-6-5-7-18(14-16)24-22(29)17-8-9-19-20(15-17)30-23(25-19)27-12-10-26(11-13-27)21(28)4-2/h5-7,14,17H,3-4,8-13,15H2,1-2H3,(H,24,29)/t17-/m1/s1. The van der Waals surface area contributed by atoms with Crippen molar-refractivity contribution in [3.63, 3.8) is 0 Å². The molecular weight excluding hydrogens is 396 g/mol. The Morgan fingerprint density at radius 3 is 2.73 bits per heavy atom. The first kappa shape index (κ1) is 20.8. The zero-order chi connectivity index (χ0) is 21.1. The molecule has 1 aliphatic carbocycles. The van der Waals surface area contributed by atoms with Crippen molar-refractivity contribution in [2.45, 2.75) is 46.0 Å². The summed E-state index contributed by atoms with van der Waals surface area (Å²) in [7, 11) is 0. The Kier molecular flexibility index (Phi) is 6.37. The Morgan fingerprint density at radius 1 is 1.20 bits per heavy atom. The highest BCUT2D eigenvalue weighted by Gasteiger charge is 2.29. The van der Waals surface area contributed by atoms with Crippen LogP contribution in [-0.4, -0.2) is 47.9 Å². The summed E-state index contributed by atoms with van der Waals surface area (Å²) in [6.07, 6.45) is 3.99. The Hall–Kier alpha value is -2.41. The van der Waals surface area contributed by atoms with Gasteiger partial charge in [0.1, 0.15) is 0 Å². The lowest BCUT2D eigenvalue weighted by Gasteiger charge is -2.34. The van der Waals surface area contributed by atoms with E-state index in [0.717, 1.165) is 68.4 Å². The maximum absolute atomic E-state index is 12.8. The number of aromatic nitrogens is 1. The number of thiazole rings is 1. The van der Waals surface area contributed by atoms with Crippen molar-refractivity contribution < 1.29 is 9.59 Å². The van der Waals surface area contributed by atoms with E-state index < -0.39 is 0 Å². The highest BCUT2D eigenvalue weighted by molar-refractivity contribution is 7.15. The molecular formula is C23H30N4O2S. The van der Waals surface area contributed by atoms with Crippen LogP contribution in [0.1, 0.15) is 42.8 Å². The van der Waals surface area contributed by atoms with Crippen molar-refractivity contribution in [3.8, 4) is 0 Å². The molecule has 6 nitrogen and oxygen atoms in total. The average molecular weight is 427 g/mol. The second-order valence-electron chi connectivity index (χ2n) is 8.07. The number of anilines is 2. The predicted octanol–water partition coefficient (Wildman–Crippen LogP) is 3.51. The molecule has 0 radical (unpaired) electrons. The molecule has 1 fully saturated rings. The SMILES string of the molecule is CCC(=O)N1CCN(c2nc3c(s2)C[C@H](C(=O)Nc2cccc(CC)c2)CC3)CC1. The van der Waals surface area contributed by atoms with Crippen LogP contribution in [-0.2, 0) is 28.9 Å². The number of benzene rings is 1. The fourth-order valence-electron chi connectivity index (χ4n) is 4.20. The number of amides is 2. The van der Waals surface area contributed by atoms with Crippen molar-refractivity contribution in [3.05, 3.63) is 40.4 Å². The first-order chi connectivity index (χ1) is 14.6. The van der Waals surface area contributed by atoms with Gasteiger partial charge in [0, 0.05) is 49.1 Å². The normalized spacial score (nSPS) is 18.8. The second-order valence-corrected chi connectivity index (χ2v) is 9.13. The highest BCUT2D eigenvalue weighted by Crippen LogP contribution is 2.35. The largest absolute Gasteiger partial charge is 0.345 e. The van der Waals surface area contributed by atoms with Crippen LogP contribution in [0.25, 0.3) is 0 Å². The molecule has 1 saturated heterocycles. The molecule has 2 amide bonds. The van der Waals surface area contributed by atoms with Gasteiger partial charge >= 0.3 is 0 Å². The molecule has 0 unspecified atom stereocenters. The molecule has 2 aliphatic rings. The van der Waals surface area contributed by atoms with Crippen molar-refractivity contribution >= 4 is 34.0 Å². The Bertz CT molecular complexity index is 918. The van der Waals surface area contributed by atoms with Crippen LogP contribution in [0, 0.1) is 5.92 Å². The predicted molar refractivity (Wildman–Crippen MR) is 121 cm³/mol. The lowest BCUT2D eigenvalue weighted by molar-refractivity contribution is -0.131. The molecule has 1 N–H and O–H groups in total. The summed E-state index contributed by atoms with van der Waals surface area (Å²) in [6, 6.07) is 8.09. The molecule has 160 valence electrons. The summed E-state index contributed by atoms with van der Waals surface area (Å²) >= 11 is 1.72. The fourth-order valence-corrected chi connectivity index (χ4v) is 5.44. The topological polar surface area (TPSA) is 65.5 Å². The number of nitrogens with one attached hydrogen (secondary N) is 1. The van der Waals surface area contributed by atoms with E-state index in [0.29, 0.717) is 6.42 Å². The highest BCUT2D eigenvalue weighted by atomic mass is 32.1. The van der Waals surface area contributed by atoms with Gasteiger partial charge in [-0.15, -0.1) is 11.3 Å². The van der Waals surface area contributed by atoms with E-state index in [2.05, 4.69) is 29.3 Å².